The second kappa shape index (κ2) is 6.15. The topological polar surface area (TPSA) is 74.7 Å². The van der Waals surface area contributed by atoms with Crippen LogP contribution in [0.3, 0.4) is 0 Å². The van der Waals surface area contributed by atoms with Gasteiger partial charge in [-0.25, -0.2) is 8.42 Å². The molecule has 1 heterocycles. The lowest BCUT2D eigenvalue weighted by molar-refractivity contribution is -0.137. The van der Waals surface area contributed by atoms with Gasteiger partial charge in [0.2, 0.25) is 10.0 Å². The fourth-order valence-electron chi connectivity index (χ4n) is 2.69. The normalized spacial score (nSPS) is 20.0. The van der Waals surface area contributed by atoms with E-state index in [1.54, 1.807) is 12.1 Å². The van der Waals surface area contributed by atoms with Gasteiger partial charge in [-0.3, -0.25) is 4.79 Å². The number of nitrogens with zero attached hydrogens (tertiary/aromatic N) is 1. The molecule has 0 aromatic heterocycles. The molecule has 1 aliphatic heterocycles. The number of carboxylic acids is 1. The van der Waals surface area contributed by atoms with Crippen LogP contribution in [0, 0.1) is 0 Å². The van der Waals surface area contributed by atoms with Crippen LogP contribution >= 0.6 is 0 Å². The molecular weight excluding hydrogens is 290 g/mol. The Kier molecular flexibility index (Phi) is 4.68. The Hall–Kier alpha value is -1.40. The van der Waals surface area contributed by atoms with Crippen LogP contribution in [0.25, 0.3) is 0 Å². The van der Waals surface area contributed by atoms with Crippen LogP contribution in [0.1, 0.15) is 44.6 Å². The van der Waals surface area contributed by atoms with Gasteiger partial charge in [-0.2, -0.15) is 4.31 Å². The van der Waals surface area contributed by atoms with Crippen LogP contribution in [0.5, 0.6) is 0 Å². The van der Waals surface area contributed by atoms with E-state index in [4.69, 9.17) is 5.11 Å². The molecule has 2 rings (SSSR count). The first-order valence-corrected chi connectivity index (χ1v) is 8.60. The van der Waals surface area contributed by atoms with Gasteiger partial charge in [0.15, 0.2) is 0 Å². The van der Waals surface area contributed by atoms with Crippen molar-refractivity contribution in [3.63, 3.8) is 0 Å². The van der Waals surface area contributed by atoms with Crippen LogP contribution in [0.2, 0.25) is 0 Å². The predicted molar refractivity (Wildman–Crippen MR) is 79.7 cm³/mol. The van der Waals surface area contributed by atoms with Crippen molar-refractivity contribution in [2.75, 3.05) is 6.54 Å². The summed E-state index contributed by atoms with van der Waals surface area (Å²) in [7, 11) is -3.61. The average Bonchev–Trinajstić information content (AvgIpc) is 2.86. The van der Waals surface area contributed by atoms with Gasteiger partial charge in [0.1, 0.15) is 0 Å². The first-order chi connectivity index (χ1) is 9.82. The number of aliphatic carboxylic acids is 1. The van der Waals surface area contributed by atoms with Gasteiger partial charge in [-0.15, -0.1) is 0 Å². The molecule has 1 N–H and O–H groups in total. The van der Waals surface area contributed by atoms with E-state index in [1.807, 2.05) is 26.0 Å². The van der Waals surface area contributed by atoms with Crippen molar-refractivity contribution in [1.82, 2.24) is 4.31 Å². The highest BCUT2D eigenvalue weighted by Crippen LogP contribution is 2.28. The van der Waals surface area contributed by atoms with Crippen molar-refractivity contribution in [3.05, 3.63) is 29.8 Å². The minimum Gasteiger partial charge on any atom is -0.481 e. The zero-order chi connectivity index (χ0) is 15.6. The highest BCUT2D eigenvalue weighted by molar-refractivity contribution is 7.89. The summed E-state index contributed by atoms with van der Waals surface area (Å²) < 4.78 is 26.6. The molecule has 1 saturated heterocycles. The molecule has 21 heavy (non-hydrogen) atoms. The Morgan fingerprint density at radius 3 is 2.48 bits per heavy atom. The number of sulfonamides is 1. The average molecular weight is 311 g/mol. The van der Waals surface area contributed by atoms with E-state index >= 15 is 0 Å². The van der Waals surface area contributed by atoms with Gasteiger partial charge in [-0.1, -0.05) is 26.0 Å². The lowest BCUT2D eigenvalue weighted by Crippen LogP contribution is -2.36. The summed E-state index contributed by atoms with van der Waals surface area (Å²) in [5, 5.41) is 8.90. The van der Waals surface area contributed by atoms with Gasteiger partial charge in [0, 0.05) is 12.6 Å². The third kappa shape index (κ3) is 3.44. The Morgan fingerprint density at radius 1 is 1.33 bits per heavy atom. The molecule has 0 bridgehead atoms. The van der Waals surface area contributed by atoms with E-state index < -0.39 is 22.0 Å². The maximum absolute atomic E-state index is 12.6. The van der Waals surface area contributed by atoms with E-state index in [0.717, 1.165) is 5.56 Å². The molecule has 1 aliphatic rings. The first kappa shape index (κ1) is 16.0. The molecule has 1 aromatic rings. The third-order valence-electron chi connectivity index (χ3n) is 3.89. The predicted octanol–water partition coefficient (Wildman–Crippen LogP) is 2.44. The van der Waals surface area contributed by atoms with Gasteiger partial charge >= 0.3 is 5.97 Å². The molecule has 116 valence electrons. The second-order valence-electron chi connectivity index (χ2n) is 5.73. The Morgan fingerprint density at radius 2 is 1.95 bits per heavy atom. The minimum atomic E-state index is -3.61. The SMILES string of the molecule is CC(C)c1ccc(S(=O)(=O)N2CCCC2CC(=O)O)cc1. The summed E-state index contributed by atoms with van der Waals surface area (Å²) in [6.07, 6.45) is 1.18. The number of carbonyl (C=O) groups is 1. The number of rotatable bonds is 5. The standard InChI is InChI=1S/C15H21NO4S/c1-11(2)12-5-7-14(8-6-12)21(19,20)16-9-3-4-13(16)10-15(17)18/h5-8,11,13H,3-4,9-10H2,1-2H3,(H,17,18). The first-order valence-electron chi connectivity index (χ1n) is 7.16. The van der Waals surface area contributed by atoms with Crippen molar-refractivity contribution in [3.8, 4) is 0 Å². The molecule has 0 amide bonds. The summed E-state index contributed by atoms with van der Waals surface area (Å²) in [6.45, 7) is 4.49. The molecule has 1 fully saturated rings. The zero-order valence-corrected chi connectivity index (χ0v) is 13.1. The molecule has 1 aromatic carbocycles. The molecule has 0 radical (unpaired) electrons. The van der Waals surface area contributed by atoms with Gasteiger partial charge in [0.05, 0.1) is 11.3 Å². The van der Waals surface area contributed by atoms with Crippen LogP contribution in [-0.2, 0) is 14.8 Å². The minimum absolute atomic E-state index is 0.136. The third-order valence-corrected chi connectivity index (χ3v) is 5.85. The molecule has 1 atom stereocenters. The molecule has 0 saturated carbocycles. The van der Waals surface area contributed by atoms with Crippen molar-refractivity contribution in [2.45, 2.75) is 50.0 Å². The number of benzene rings is 1. The monoisotopic (exact) mass is 311 g/mol. The lowest BCUT2D eigenvalue weighted by atomic mass is 10.0. The second-order valence-corrected chi connectivity index (χ2v) is 7.62. The van der Waals surface area contributed by atoms with Crippen molar-refractivity contribution < 1.29 is 18.3 Å². The molecule has 0 spiro atoms. The lowest BCUT2D eigenvalue weighted by Gasteiger charge is -2.23. The van der Waals surface area contributed by atoms with Crippen molar-refractivity contribution >= 4 is 16.0 Å². The van der Waals surface area contributed by atoms with Crippen molar-refractivity contribution in [2.24, 2.45) is 0 Å². The van der Waals surface area contributed by atoms with Crippen LogP contribution in [-0.4, -0.2) is 36.4 Å². The maximum Gasteiger partial charge on any atom is 0.304 e. The van der Waals surface area contributed by atoms with Crippen LogP contribution in [0.4, 0.5) is 0 Å². The van der Waals surface area contributed by atoms with E-state index in [2.05, 4.69) is 0 Å². The van der Waals surface area contributed by atoms with Crippen molar-refractivity contribution in [1.29, 1.82) is 0 Å². The van der Waals surface area contributed by atoms with Crippen LogP contribution in [0.15, 0.2) is 29.2 Å². The molecule has 0 aliphatic carbocycles. The smallest absolute Gasteiger partial charge is 0.304 e. The van der Waals surface area contributed by atoms with Gasteiger partial charge in [0.25, 0.3) is 0 Å². The highest BCUT2D eigenvalue weighted by atomic mass is 32.2. The Bertz CT molecular complexity index is 607. The summed E-state index contributed by atoms with van der Waals surface area (Å²) in [5.74, 6) is -0.620. The van der Waals surface area contributed by atoms with Crippen LogP contribution < -0.4 is 0 Å². The fraction of sp³-hybridized carbons (Fsp3) is 0.533. The maximum atomic E-state index is 12.6. The summed E-state index contributed by atoms with van der Waals surface area (Å²) in [6, 6.07) is 6.43. The zero-order valence-electron chi connectivity index (χ0n) is 12.3. The van der Waals surface area contributed by atoms with Gasteiger partial charge < -0.3 is 5.11 Å². The van der Waals surface area contributed by atoms with E-state index in [-0.39, 0.29) is 11.3 Å². The van der Waals surface area contributed by atoms with E-state index in [9.17, 15) is 13.2 Å². The van der Waals surface area contributed by atoms with E-state index in [1.165, 1.54) is 4.31 Å². The molecule has 1 unspecified atom stereocenters. The van der Waals surface area contributed by atoms with Gasteiger partial charge in [-0.05, 0) is 36.5 Å². The summed E-state index contributed by atoms with van der Waals surface area (Å²) >= 11 is 0. The number of hydrogen-bond acceptors (Lipinski definition) is 3. The summed E-state index contributed by atoms with van der Waals surface area (Å²) in [5.41, 5.74) is 1.08. The fourth-order valence-corrected chi connectivity index (χ4v) is 4.38. The number of hydrogen-bond donors (Lipinski definition) is 1. The quantitative estimate of drug-likeness (QED) is 0.906. The molecule has 6 heteroatoms. The summed E-state index contributed by atoms with van der Waals surface area (Å²) in [4.78, 5) is 11.1. The highest BCUT2D eigenvalue weighted by Gasteiger charge is 2.36. The molecular formula is C15H21NO4S. The molecule has 5 nitrogen and oxygen atoms in total. The Balaban J connectivity index is 2.26. The Labute approximate surface area is 125 Å². The number of carboxylic acid groups (broad SMARTS) is 1. The van der Waals surface area contributed by atoms with E-state index in [0.29, 0.717) is 25.3 Å². The largest absolute Gasteiger partial charge is 0.481 e.